The fourth-order valence-corrected chi connectivity index (χ4v) is 1.45. The molecule has 0 saturated heterocycles. The van der Waals surface area contributed by atoms with Gasteiger partial charge in [0.2, 0.25) is 0 Å². The van der Waals surface area contributed by atoms with E-state index in [2.05, 4.69) is 5.10 Å². The van der Waals surface area contributed by atoms with E-state index in [1.165, 1.54) is 28.3 Å². The molecule has 0 bridgehead atoms. The van der Waals surface area contributed by atoms with Crippen molar-refractivity contribution in [2.75, 3.05) is 11.7 Å². The van der Waals surface area contributed by atoms with Gasteiger partial charge in [-0.25, -0.2) is 4.84 Å². The van der Waals surface area contributed by atoms with Crippen LogP contribution in [0, 0.1) is 10.7 Å². The van der Waals surface area contributed by atoms with Gasteiger partial charge in [0.05, 0.1) is 11.3 Å². The molecule has 4 nitrogen and oxygen atoms in total. The van der Waals surface area contributed by atoms with Crippen LogP contribution in [0.2, 0.25) is 0 Å². The molecule has 1 aliphatic rings. The van der Waals surface area contributed by atoms with Crippen molar-refractivity contribution in [3.63, 3.8) is 0 Å². The second-order valence-electron chi connectivity index (χ2n) is 1.31. The molecule has 1 rings (SSSR count). The van der Waals surface area contributed by atoms with Crippen molar-refractivity contribution in [1.82, 2.24) is 4.58 Å². The Morgan fingerprint density at radius 1 is 1.90 bits per heavy atom. The summed E-state index contributed by atoms with van der Waals surface area (Å²) in [7, 11) is 0. The minimum atomic E-state index is 0.532. The van der Waals surface area contributed by atoms with E-state index in [9.17, 15) is 0 Å². The molecule has 0 atom stereocenters. The molecule has 0 aromatic rings. The molecule has 0 fully saturated rings. The quantitative estimate of drug-likeness (QED) is 0.277. The first-order chi connectivity index (χ1) is 4.93. The first-order valence-corrected chi connectivity index (χ1v) is 4.45. The van der Waals surface area contributed by atoms with Crippen LogP contribution in [0.3, 0.4) is 0 Å². The van der Waals surface area contributed by atoms with Crippen LogP contribution in [0.5, 0.6) is 0 Å². The lowest BCUT2D eigenvalue weighted by Crippen LogP contribution is -2.02. The fraction of sp³-hybridized carbons (Fsp3) is 0.500. The second-order valence-corrected chi connectivity index (χ2v) is 3.30. The number of hydrazone groups is 1. The van der Waals surface area contributed by atoms with Crippen LogP contribution in [0.4, 0.5) is 0 Å². The van der Waals surface area contributed by atoms with Crippen molar-refractivity contribution in [1.29, 1.82) is 5.26 Å². The van der Waals surface area contributed by atoms with E-state index < -0.39 is 0 Å². The minimum Gasteiger partial charge on any atom is -0.241 e. The molecule has 1 aliphatic heterocycles. The van der Waals surface area contributed by atoms with Crippen LogP contribution >= 0.6 is 23.7 Å². The summed E-state index contributed by atoms with van der Waals surface area (Å²) in [5.74, 6) is 0. The molecule has 0 saturated carbocycles. The maximum atomic E-state index is 8.14. The van der Waals surface area contributed by atoms with Crippen LogP contribution in [0.1, 0.15) is 0 Å². The van der Waals surface area contributed by atoms with Crippen molar-refractivity contribution < 1.29 is 4.84 Å². The molecule has 54 valence electrons. The summed E-state index contributed by atoms with van der Waals surface area (Å²) >= 11 is 2.53. The number of nitriles is 1. The van der Waals surface area contributed by atoms with Crippen LogP contribution in [-0.4, -0.2) is 22.5 Å². The summed E-state index contributed by atoms with van der Waals surface area (Å²) in [6.07, 6.45) is 1.67. The highest BCUT2D eigenvalue weighted by molar-refractivity contribution is 8.17. The third kappa shape index (κ3) is 2.47. The Labute approximate surface area is 67.3 Å². The second kappa shape index (κ2) is 4.44. The van der Waals surface area contributed by atoms with Gasteiger partial charge in [-0.15, -0.1) is 4.58 Å². The van der Waals surface area contributed by atoms with Crippen LogP contribution in [0.25, 0.3) is 0 Å². The normalized spacial score (nSPS) is 15.7. The average molecular weight is 175 g/mol. The Kier molecular flexibility index (Phi) is 3.43. The zero-order valence-corrected chi connectivity index (χ0v) is 6.69. The molecule has 0 unspecified atom stereocenters. The van der Waals surface area contributed by atoms with Gasteiger partial charge in [-0.3, -0.25) is 0 Å². The Morgan fingerprint density at radius 2 is 2.80 bits per heavy atom. The van der Waals surface area contributed by atoms with Crippen molar-refractivity contribution in [2.24, 2.45) is 5.10 Å². The number of thioether (sulfide) groups is 1. The van der Waals surface area contributed by atoms with E-state index in [0.717, 1.165) is 0 Å². The van der Waals surface area contributed by atoms with Gasteiger partial charge in [0.25, 0.3) is 0 Å². The van der Waals surface area contributed by atoms with Gasteiger partial charge in [-0.05, 0) is 11.8 Å². The van der Waals surface area contributed by atoms with Crippen molar-refractivity contribution in [3.05, 3.63) is 0 Å². The lowest BCUT2D eigenvalue weighted by Gasteiger charge is -2.07. The van der Waals surface area contributed by atoms with Gasteiger partial charge in [0, 0.05) is 11.9 Å². The Hall–Kier alpha value is -0.380. The largest absolute Gasteiger partial charge is 0.241 e. The monoisotopic (exact) mass is 175 g/mol. The van der Waals surface area contributed by atoms with Gasteiger partial charge in [0.15, 0.2) is 0 Å². The smallest absolute Gasteiger partial charge is 0.134 e. The maximum Gasteiger partial charge on any atom is 0.134 e. The number of hydrogen-bond acceptors (Lipinski definition) is 6. The van der Waals surface area contributed by atoms with E-state index in [-0.39, 0.29) is 0 Å². The molecular weight excluding hydrogens is 170 g/mol. The van der Waals surface area contributed by atoms with Gasteiger partial charge in [0.1, 0.15) is 12.0 Å². The number of nitrogens with zero attached hydrogens (tertiary/aromatic N) is 3. The number of hydrogen-bond donors (Lipinski definition) is 0. The predicted octanol–water partition coefficient (Wildman–Crippen LogP) is 1.04. The molecule has 1 heterocycles. The van der Waals surface area contributed by atoms with Crippen LogP contribution in [-0.2, 0) is 4.84 Å². The zero-order valence-electron chi connectivity index (χ0n) is 5.06. The van der Waals surface area contributed by atoms with E-state index in [0.29, 0.717) is 11.7 Å². The average Bonchev–Trinajstić information content (AvgIpc) is 2.41. The van der Waals surface area contributed by atoms with Gasteiger partial charge >= 0.3 is 0 Å². The van der Waals surface area contributed by atoms with E-state index in [1.807, 2.05) is 5.40 Å². The zero-order chi connectivity index (χ0) is 7.23. The molecule has 0 aliphatic carbocycles. The molecule has 0 N–H and O–H groups in total. The summed E-state index contributed by atoms with van der Waals surface area (Å²) in [5.41, 5.74) is 0. The third-order valence-corrected chi connectivity index (χ3v) is 2.16. The molecule has 10 heavy (non-hydrogen) atoms. The Balaban J connectivity index is 2.03. The lowest BCUT2D eigenvalue weighted by atomic mass is 10.8. The molecule has 0 aromatic heterocycles. The SMILES string of the molecule is N#CSCSN1N=CCO1. The first-order valence-electron chi connectivity index (χ1n) is 2.53. The first kappa shape index (κ1) is 7.72. The predicted molar refractivity (Wildman–Crippen MR) is 41.9 cm³/mol. The van der Waals surface area contributed by atoms with Gasteiger partial charge in [-0.2, -0.15) is 10.4 Å². The van der Waals surface area contributed by atoms with E-state index in [1.54, 1.807) is 6.21 Å². The molecule has 0 aromatic carbocycles. The third-order valence-electron chi connectivity index (χ3n) is 0.722. The topological polar surface area (TPSA) is 48.6 Å². The lowest BCUT2D eigenvalue weighted by molar-refractivity contribution is -0.0317. The highest BCUT2D eigenvalue weighted by Gasteiger charge is 2.05. The minimum absolute atomic E-state index is 0.532. The van der Waals surface area contributed by atoms with E-state index >= 15 is 0 Å². The highest BCUT2D eigenvalue weighted by Crippen LogP contribution is 2.18. The highest BCUT2D eigenvalue weighted by atomic mass is 32.2. The van der Waals surface area contributed by atoms with Crippen molar-refractivity contribution in [2.45, 2.75) is 0 Å². The number of thiocyanates is 1. The summed E-state index contributed by atoms with van der Waals surface area (Å²) in [6.45, 7) is 0.532. The van der Waals surface area contributed by atoms with Crippen LogP contribution in [0.15, 0.2) is 5.10 Å². The fourth-order valence-electron chi connectivity index (χ4n) is 0.399. The maximum absolute atomic E-state index is 8.14. The van der Waals surface area contributed by atoms with Crippen LogP contribution < -0.4 is 0 Å². The van der Waals surface area contributed by atoms with Gasteiger partial charge < -0.3 is 0 Å². The van der Waals surface area contributed by atoms with Crippen molar-refractivity contribution >= 4 is 29.9 Å². The summed E-state index contributed by atoms with van der Waals surface area (Å²) in [6, 6.07) is 0. The summed E-state index contributed by atoms with van der Waals surface area (Å²) in [4.78, 5) is 4.95. The number of rotatable bonds is 3. The molecule has 0 radical (unpaired) electrons. The van der Waals surface area contributed by atoms with E-state index in [4.69, 9.17) is 10.1 Å². The molecule has 0 amide bonds. The Bertz CT molecular complexity index is 166. The molecular formula is C4H5N3OS2. The molecule has 0 spiro atoms. The Morgan fingerprint density at radius 3 is 3.40 bits per heavy atom. The standard InChI is InChI=1S/C4H5N3OS2/c5-3-9-4-10-7-6-1-2-8-7/h1H,2,4H2. The van der Waals surface area contributed by atoms with Gasteiger partial charge in [-0.1, -0.05) is 0 Å². The van der Waals surface area contributed by atoms with Crippen molar-refractivity contribution in [3.8, 4) is 5.40 Å². The molecule has 6 heteroatoms. The summed E-state index contributed by atoms with van der Waals surface area (Å²) < 4.78 is 1.41. The summed E-state index contributed by atoms with van der Waals surface area (Å²) in [5, 5.41) is 14.6.